The van der Waals surface area contributed by atoms with Crippen LogP contribution in [-0.2, 0) is 14.5 Å². The van der Waals surface area contributed by atoms with Gasteiger partial charge in [0.2, 0.25) is 6.10 Å². The number of fused-ring (bicyclic) bond motifs is 1. The average molecular weight is 366 g/mol. The molecule has 8 nitrogen and oxygen atoms in total. The second-order valence-corrected chi connectivity index (χ2v) is 5.93. The molecule has 0 aromatic heterocycles. The molecule has 0 spiro atoms. The van der Waals surface area contributed by atoms with E-state index in [2.05, 4.69) is 5.16 Å². The summed E-state index contributed by atoms with van der Waals surface area (Å²) in [6, 6.07) is 13.4. The number of amides is 2. The topological polar surface area (TPSA) is 94.5 Å². The Balaban J connectivity index is 1.44. The Bertz CT molecular complexity index is 949. The third-order valence-corrected chi connectivity index (χ3v) is 4.27. The molecule has 2 aliphatic rings. The van der Waals surface area contributed by atoms with Gasteiger partial charge in [0.05, 0.1) is 23.9 Å². The fourth-order valence-corrected chi connectivity index (χ4v) is 2.88. The lowest BCUT2D eigenvalue weighted by Crippen LogP contribution is -2.37. The predicted octanol–water partition coefficient (Wildman–Crippen LogP) is 1.94. The molecule has 2 heterocycles. The summed E-state index contributed by atoms with van der Waals surface area (Å²) in [5, 5.41) is 4.37. The van der Waals surface area contributed by atoms with E-state index in [0.29, 0.717) is 16.5 Å². The van der Waals surface area contributed by atoms with Gasteiger partial charge in [-0.25, -0.2) is 4.79 Å². The minimum atomic E-state index is -1.05. The number of hydrogen-bond acceptors (Lipinski definition) is 7. The van der Waals surface area contributed by atoms with Crippen molar-refractivity contribution in [2.45, 2.75) is 12.5 Å². The first-order valence-electron chi connectivity index (χ1n) is 8.15. The average Bonchev–Trinajstić information content (AvgIpc) is 3.29. The first kappa shape index (κ1) is 16.8. The largest absolute Gasteiger partial charge is 0.497 e. The first-order chi connectivity index (χ1) is 13.1. The SMILES string of the molecule is COc1cccc(C2=NOC(C(=O)ON3C(=O)c4ccccc4C3=O)C2)c1. The minimum Gasteiger partial charge on any atom is -0.497 e. The molecule has 0 saturated heterocycles. The molecular weight excluding hydrogens is 352 g/mol. The monoisotopic (exact) mass is 366 g/mol. The number of methoxy groups -OCH3 is 1. The van der Waals surface area contributed by atoms with Gasteiger partial charge in [-0.3, -0.25) is 9.59 Å². The van der Waals surface area contributed by atoms with Crippen LogP contribution in [0.25, 0.3) is 0 Å². The quantitative estimate of drug-likeness (QED) is 0.768. The van der Waals surface area contributed by atoms with Gasteiger partial charge < -0.3 is 14.4 Å². The summed E-state index contributed by atoms with van der Waals surface area (Å²) in [5.41, 5.74) is 1.66. The summed E-state index contributed by atoms with van der Waals surface area (Å²) < 4.78 is 5.16. The Morgan fingerprint density at radius 3 is 2.48 bits per heavy atom. The summed E-state index contributed by atoms with van der Waals surface area (Å²) in [6.45, 7) is 0. The van der Waals surface area contributed by atoms with Gasteiger partial charge in [-0.2, -0.15) is 0 Å². The molecule has 136 valence electrons. The van der Waals surface area contributed by atoms with Crippen LogP contribution in [0.4, 0.5) is 0 Å². The number of ether oxygens (including phenoxy) is 1. The zero-order valence-corrected chi connectivity index (χ0v) is 14.2. The van der Waals surface area contributed by atoms with Gasteiger partial charge in [0, 0.05) is 12.0 Å². The molecule has 0 bridgehead atoms. The number of hydroxylamine groups is 2. The molecule has 2 amide bonds. The van der Waals surface area contributed by atoms with Crippen LogP contribution >= 0.6 is 0 Å². The molecule has 0 N–H and O–H groups in total. The van der Waals surface area contributed by atoms with Crippen molar-refractivity contribution >= 4 is 23.5 Å². The zero-order valence-electron chi connectivity index (χ0n) is 14.2. The van der Waals surface area contributed by atoms with Gasteiger partial charge in [0.15, 0.2) is 0 Å². The van der Waals surface area contributed by atoms with Crippen LogP contribution in [0.2, 0.25) is 0 Å². The molecule has 1 atom stereocenters. The Morgan fingerprint density at radius 1 is 1.11 bits per heavy atom. The number of oxime groups is 1. The standard InChI is InChI=1S/C19H14N2O6/c1-25-12-6-4-5-11(9-12)15-10-16(26-20-15)19(24)27-21-17(22)13-7-2-3-8-14(13)18(21)23/h2-9,16H,10H2,1H3. The third-order valence-electron chi connectivity index (χ3n) is 4.27. The van der Waals surface area contributed by atoms with E-state index in [-0.39, 0.29) is 17.5 Å². The van der Waals surface area contributed by atoms with Crippen molar-refractivity contribution in [2.75, 3.05) is 7.11 Å². The van der Waals surface area contributed by atoms with Crippen molar-refractivity contribution < 1.29 is 28.8 Å². The minimum absolute atomic E-state index is 0.148. The summed E-state index contributed by atoms with van der Waals surface area (Å²) >= 11 is 0. The number of benzene rings is 2. The highest BCUT2D eigenvalue weighted by Crippen LogP contribution is 2.25. The number of carbonyl (C=O) groups excluding carboxylic acids is 3. The molecule has 8 heteroatoms. The van der Waals surface area contributed by atoms with Gasteiger partial charge in [0.25, 0.3) is 11.8 Å². The highest BCUT2D eigenvalue weighted by Gasteiger charge is 2.41. The van der Waals surface area contributed by atoms with E-state index in [4.69, 9.17) is 14.4 Å². The van der Waals surface area contributed by atoms with E-state index in [0.717, 1.165) is 5.56 Å². The normalized spacial score (nSPS) is 18.0. The van der Waals surface area contributed by atoms with Gasteiger partial charge in [-0.15, -0.1) is 0 Å². The highest BCUT2D eigenvalue weighted by molar-refractivity contribution is 6.21. The van der Waals surface area contributed by atoms with Crippen LogP contribution in [0.15, 0.2) is 53.7 Å². The summed E-state index contributed by atoms with van der Waals surface area (Å²) in [5.74, 6) is -1.59. The van der Waals surface area contributed by atoms with E-state index in [1.54, 1.807) is 37.4 Å². The maximum atomic E-state index is 12.4. The van der Waals surface area contributed by atoms with Crippen molar-refractivity contribution in [3.63, 3.8) is 0 Å². The van der Waals surface area contributed by atoms with Crippen LogP contribution in [0.1, 0.15) is 32.7 Å². The maximum Gasteiger partial charge on any atom is 0.376 e. The molecule has 0 aliphatic carbocycles. The lowest BCUT2D eigenvalue weighted by atomic mass is 10.0. The van der Waals surface area contributed by atoms with Crippen LogP contribution in [-0.4, -0.2) is 41.8 Å². The molecule has 2 aromatic rings. The Labute approximate surface area is 153 Å². The predicted molar refractivity (Wildman–Crippen MR) is 92.1 cm³/mol. The summed E-state index contributed by atoms with van der Waals surface area (Å²) in [4.78, 5) is 47.0. The number of hydrogen-bond donors (Lipinski definition) is 0. The van der Waals surface area contributed by atoms with Crippen molar-refractivity contribution in [3.05, 3.63) is 65.2 Å². The molecule has 4 rings (SSSR count). The van der Waals surface area contributed by atoms with E-state index < -0.39 is 23.9 Å². The fourth-order valence-electron chi connectivity index (χ4n) is 2.88. The van der Waals surface area contributed by atoms with Crippen LogP contribution < -0.4 is 4.74 Å². The maximum absolute atomic E-state index is 12.4. The number of rotatable bonds is 4. The number of imide groups is 1. The summed E-state index contributed by atoms with van der Waals surface area (Å²) in [6.07, 6.45) is -0.898. The van der Waals surface area contributed by atoms with Gasteiger partial charge >= 0.3 is 5.97 Å². The Hall–Kier alpha value is -3.68. The summed E-state index contributed by atoms with van der Waals surface area (Å²) in [7, 11) is 1.55. The molecule has 1 unspecified atom stereocenters. The molecule has 0 fully saturated rings. The number of carbonyl (C=O) groups is 3. The lowest BCUT2D eigenvalue weighted by molar-refractivity contribution is -0.180. The fraction of sp³-hybridized carbons (Fsp3) is 0.158. The van der Waals surface area contributed by atoms with Crippen LogP contribution in [0, 0.1) is 0 Å². The molecule has 2 aromatic carbocycles. The van der Waals surface area contributed by atoms with Crippen molar-refractivity contribution in [1.29, 1.82) is 0 Å². The Kier molecular flexibility index (Phi) is 4.08. The molecule has 2 aliphatic heterocycles. The van der Waals surface area contributed by atoms with Gasteiger partial charge in [0.1, 0.15) is 5.75 Å². The second-order valence-electron chi connectivity index (χ2n) is 5.93. The second kappa shape index (κ2) is 6.56. The highest BCUT2D eigenvalue weighted by atomic mass is 16.7. The smallest absolute Gasteiger partial charge is 0.376 e. The van der Waals surface area contributed by atoms with Crippen molar-refractivity contribution in [2.24, 2.45) is 5.16 Å². The van der Waals surface area contributed by atoms with E-state index in [9.17, 15) is 14.4 Å². The molecule has 27 heavy (non-hydrogen) atoms. The Morgan fingerprint density at radius 2 is 1.81 bits per heavy atom. The van der Waals surface area contributed by atoms with Crippen molar-refractivity contribution in [3.8, 4) is 5.75 Å². The third kappa shape index (κ3) is 2.91. The zero-order chi connectivity index (χ0) is 19.0. The van der Waals surface area contributed by atoms with Crippen LogP contribution in [0.3, 0.4) is 0 Å². The first-order valence-corrected chi connectivity index (χ1v) is 8.15. The van der Waals surface area contributed by atoms with Crippen LogP contribution in [0.5, 0.6) is 5.75 Å². The molecule has 0 saturated carbocycles. The number of nitrogens with zero attached hydrogens (tertiary/aromatic N) is 2. The lowest BCUT2D eigenvalue weighted by Gasteiger charge is -2.14. The van der Waals surface area contributed by atoms with Gasteiger partial charge in [-0.05, 0) is 24.3 Å². The molecule has 0 radical (unpaired) electrons. The van der Waals surface area contributed by atoms with E-state index in [1.807, 2.05) is 6.07 Å². The van der Waals surface area contributed by atoms with Gasteiger partial charge in [-0.1, -0.05) is 34.5 Å². The van der Waals surface area contributed by atoms with Crippen molar-refractivity contribution in [1.82, 2.24) is 5.06 Å². The molecular formula is C19H14N2O6. The van der Waals surface area contributed by atoms with E-state index >= 15 is 0 Å². The van der Waals surface area contributed by atoms with E-state index in [1.165, 1.54) is 12.1 Å².